The molecule has 0 unspecified atom stereocenters. The molecule has 0 saturated carbocycles. The molecule has 0 aliphatic carbocycles. The fourth-order valence-corrected chi connectivity index (χ4v) is 3.88. The zero-order chi connectivity index (χ0) is 28.0. The van der Waals surface area contributed by atoms with E-state index in [1.807, 2.05) is 0 Å². The smallest absolute Gasteiger partial charge is 0.303 e. The van der Waals surface area contributed by atoms with Gasteiger partial charge in [0.15, 0.2) is 24.5 Å². The maximum Gasteiger partial charge on any atom is 0.303 e. The van der Waals surface area contributed by atoms with Crippen LogP contribution in [0.2, 0.25) is 0 Å². The highest BCUT2D eigenvalue weighted by atomic mass is 16.7. The number of amides is 2. The number of benzene rings is 1. The molecule has 14 heteroatoms. The number of hydrogen-bond donors (Lipinski definition) is 0. The van der Waals surface area contributed by atoms with Gasteiger partial charge in [0.2, 0.25) is 0 Å². The lowest BCUT2D eigenvalue weighted by molar-refractivity contribution is -0.250. The SMILES string of the molecule is CC(=O)OC[C@H]1O[C@@H](N=C=NCN2C(=O)c3ccccc3C2=O)[C@H](OC(C)=O)[C@@H](OC(C)=O)[C@@H]1OC(C)=O. The molecular weight excluding hydrogens is 506 g/mol. The molecule has 14 nitrogen and oxygen atoms in total. The number of ether oxygens (including phenoxy) is 5. The second-order valence-corrected chi connectivity index (χ2v) is 8.20. The zero-order valence-corrected chi connectivity index (χ0v) is 20.9. The van der Waals surface area contributed by atoms with Gasteiger partial charge in [0.05, 0.1) is 17.1 Å². The summed E-state index contributed by atoms with van der Waals surface area (Å²) in [4.78, 5) is 80.6. The summed E-state index contributed by atoms with van der Waals surface area (Å²) in [5.41, 5.74) is 0.480. The Kier molecular flexibility index (Phi) is 9.05. The molecule has 1 fully saturated rings. The van der Waals surface area contributed by atoms with E-state index in [1.165, 1.54) is 12.1 Å². The zero-order valence-electron chi connectivity index (χ0n) is 20.9. The van der Waals surface area contributed by atoms with Gasteiger partial charge < -0.3 is 23.7 Å². The van der Waals surface area contributed by atoms with E-state index in [4.69, 9.17) is 23.7 Å². The summed E-state index contributed by atoms with van der Waals surface area (Å²) in [5, 5.41) is 0. The first-order valence-corrected chi connectivity index (χ1v) is 11.4. The molecule has 0 spiro atoms. The molecule has 1 aromatic carbocycles. The highest BCUT2D eigenvalue weighted by Gasteiger charge is 2.52. The molecule has 2 aliphatic rings. The van der Waals surface area contributed by atoms with Crippen LogP contribution in [-0.2, 0) is 42.9 Å². The van der Waals surface area contributed by atoms with Crippen LogP contribution in [0.25, 0.3) is 0 Å². The van der Waals surface area contributed by atoms with Crippen molar-refractivity contribution in [1.29, 1.82) is 0 Å². The number of imide groups is 1. The second kappa shape index (κ2) is 12.2. The van der Waals surface area contributed by atoms with E-state index in [1.54, 1.807) is 12.1 Å². The fourth-order valence-electron chi connectivity index (χ4n) is 3.88. The summed E-state index contributed by atoms with van der Waals surface area (Å²) in [6.45, 7) is 3.60. The van der Waals surface area contributed by atoms with Gasteiger partial charge in [-0.05, 0) is 12.1 Å². The summed E-state index contributed by atoms with van der Waals surface area (Å²) in [6.07, 6.45) is -6.76. The van der Waals surface area contributed by atoms with E-state index in [-0.39, 0.29) is 11.1 Å². The standard InChI is InChI=1S/C24H25N3O11/c1-12(28)34-9-18-19(35-13(2)29)20(36-14(3)30)21(37-15(4)31)22(38-18)26-10-25-11-27-23(32)16-7-5-6-8-17(16)24(27)33/h5-8,18-22H,9,11H2,1-4H3/t18-,19-,20+,21-,22-/m1/s1. The quantitative estimate of drug-likeness (QED) is 0.197. The van der Waals surface area contributed by atoms with Gasteiger partial charge in [-0.3, -0.25) is 33.7 Å². The summed E-state index contributed by atoms with van der Waals surface area (Å²) in [6, 6.07) is 8.59. The van der Waals surface area contributed by atoms with Gasteiger partial charge in [0.25, 0.3) is 11.8 Å². The predicted molar refractivity (Wildman–Crippen MR) is 124 cm³/mol. The molecule has 0 bridgehead atoms. The Balaban J connectivity index is 1.88. The summed E-state index contributed by atoms with van der Waals surface area (Å²) in [5.74, 6) is -4.09. The van der Waals surface area contributed by atoms with Crippen molar-refractivity contribution in [3.05, 3.63) is 35.4 Å². The van der Waals surface area contributed by atoms with E-state index in [0.717, 1.165) is 32.6 Å². The van der Waals surface area contributed by atoms with Crippen molar-refractivity contribution >= 4 is 41.7 Å². The van der Waals surface area contributed by atoms with Crippen molar-refractivity contribution in [2.75, 3.05) is 13.3 Å². The van der Waals surface area contributed by atoms with Gasteiger partial charge >= 0.3 is 23.9 Å². The van der Waals surface area contributed by atoms with Crippen LogP contribution in [0.5, 0.6) is 0 Å². The lowest BCUT2D eigenvalue weighted by Crippen LogP contribution is -2.61. The summed E-state index contributed by atoms with van der Waals surface area (Å²) >= 11 is 0. The number of carbonyl (C=O) groups excluding carboxylic acids is 6. The number of nitrogens with zero attached hydrogens (tertiary/aromatic N) is 3. The van der Waals surface area contributed by atoms with Crippen molar-refractivity contribution in [2.24, 2.45) is 9.98 Å². The minimum Gasteiger partial charge on any atom is -0.463 e. The van der Waals surface area contributed by atoms with Crippen molar-refractivity contribution in [3.8, 4) is 0 Å². The van der Waals surface area contributed by atoms with Crippen molar-refractivity contribution in [1.82, 2.24) is 4.90 Å². The average molecular weight is 531 g/mol. The number of esters is 4. The fraction of sp³-hybridized carbons (Fsp3) is 0.458. The molecule has 1 aromatic rings. The Labute approximate surface area is 216 Å². The Bertz CT molecular complexity index is 1170. The van der Waals surface area contributed by atoms with Crippen molar-refractivity contribution in [3.63, 3.8) is 0 Å². The van der Waals surface area contributed by atoms with Crippen LogP contribution in [0.1, 0.15) is 48.4 Å². The van der Waals surface area contributed by atoms with Crippen LogP contribution in [0.15, 0.2) is 34.3 Å². The molecule has 2 aliphatic heterocycles. The number of aliphatic imine (C=N–C) groups is 2. The van der Waals surface area contributed by atoms with Crippen LogP contribution >= 0.6 is 0 Å². The molecule has 0 radical (unpaired) electrons. The van der Waals surface area contributed by atoms with Crippen LogP contribution in [-0.4, -0.2) is 90.5 Å². The molecular formula is C24H25N3O11. The molecule has 1 saturated heterocycles. The van der Waals surface area contributed by atoms with E-state index in [0.29, 0.717) is 0 Å². The van der Waals surface area contributed by atoms with Crippen LogP contribution in [0.3, 0.4) is 0 Å². The van der Waals surface area contributed by atoms with Gasteiger partial charge in [0, 0.05) is 27.7 Å². The lowest BCUT2D eigenvalue weighted by Gasteiger charge is -2.42. The van der Waals surface area contributed by atoms with E-state index in [9.17, 15) is 28.8 Å². The van der Waals surface area contributed by atoms with Gasteiger partial charge in [-0.25, -0.2) is 4.99 Å². The first kappa shape index (κ1) is 28.2. The Morgan fingerprint density at radius 1 is 0.842 bits per heavy atom. The van der Waals surface area contributed by atoms with Crippen LogP contribution < -0.4 is 0 Å². The van der Waals surface area contributed by atoms with E-state index < -0.39 is 79.6 Å². The third kappa shape index (κ3) is 6.66. The normalized spacial score (nSPS) is 24.0. The van der Waals surface area contributed by atoms with E-state index >= 15 is 0 Å². The van der Waals surface area contributed by atoms with Gasteiger partial charge in [-0.15, -0.1) is 0 Å². The number of hydrogen-bond acceptors (Lipinski definition) is 13. The average Bonchev–Trinajstić information content (AvgIpc) is 3.08. The highest BCUT2D eigenvalue weighted by molar-refractivity contribution is 6.21. The van der Waals surface area contributed by atoms with Crippen LogP contribution in [0, 0.1) is 0 Å². The maximum atomic E-state index is 12.5. The third-order valence-corrected chi connectivity index (χ3v) is 5.31. The molecule has 3 rings (SSSR count). The van der Waals surface area contributed by atoms with Gasteiger partial charge in [0.1, 0.15) is 19.4 Å². The molecule has 2 amide bonds. The lowest BCUT2D eigenvalue weighted by atomic mass is 9.97. The molecule has 0 N–H and O–H groups in total. The minimum absolute atomic E-state index is 0.240. The molecule has 0 aromatic heterocycles. The molecule has 38 heavy (non-hydrogen) atoms. The third-order valence-electron chi connectivity index (χ3n) is 5.31. The first-order valence-electron chi connectivity index (χ1n) is 11.4. The molecule has 5 atom stereocenters. The Morgan fingerprint density at radius 2 is 1.37 bits per heavy atom. The van der Waals surface area contributed by atoms with E-state index in [2.05, 4.69) is 16.0 Å². The Hall–Kier alpha value is -4.42. The van der Waals surface area contributed by atoms with Crippen molar-refractivity contribution in [2.45, 2.75) is 58.3 Å². The summed E-state index contributed by atoms with van der Waals surface area (Å²) in [7, 11) is 0. The van der Waals surface area contributed by atoms with Crippen molar-refractivity contribution < 1.29 is 52.5 Å². The van der Waals surface area contributed by atoms with Crippen LogP contribution in [0.4, 0.5) is 0 Å². The minimum atomic E-state index is -1.42. The molecule has 2 heterocycles. The number of rotatable bonds is 8. The van der Waals surface area contributed by atoms with Gasteiger partial charge in [-0.2, -0.15) is 4.99 Å². The monoisotopic (exact) mass is 531 g/mol. The number of fused-ring (bicyclic) bond motifs is 1. The Morgan fingerprint density at radius 3 is 1.89 bits per heavy atom. The largest absolute Gasteiger partial charge is 0.463 e. The topological polar surface area (TPSA) is 177 Å². The highest BCUT2D eigenvalue weighted by Crippen LogP contribution is 2.30. The summed E-state index contributed by atoms with van der Waals surface area (Å²) < 4.78 is 26.6. The maximum absolute atomic E-state index is 12.5. The second-order valence-electron chi connectivity index (χ2n) is 8.20. The molecule has 202 valence electrons. The predicted octanol–water partition coefficient (Wildman–Crippen LogP) is 0.497. The number of carbonyl (C=O) groups is 6. The van der Waals surface area contributed by atoms with Gasteiger partial charge in [-0.1, -0.05) is 12.1 Å². The first-order chi connectivity index (χ1) is 18.0.